The number of anilines is 1. The summed E-state index contributed by atoms with van der Waals surface area (Å²) in [6, 6.07) is 26.1. The number of pyridine rings is 1. The maximum Gasteiger partial charge on any atom is 0.0557 e. The van der Waals surface area contributed by atoms with Crippen LogP contribution in [-0.2, 0) is 12.8 Å². The second-order valence-corrected chi connectivity index (χ2v) is 7.02. The largest absolute Gasteiger partial charge is 0.364 e. The second kappa shape index (κ2) is 7.10. The van der Waals surface area contributed by atoms with Crippen molar-refractivity contribution in [2.75, 3.05) is 11.4 Å². The Kier molecular flexibility index (Phi) is 4.51. The Labute approximate surface area is 150 Å². The number of hydrogen-bond donors (Lipinski definition) is 0. The lowest BCUT2D eigenvalue weighted by atomic mass is 9.82. The van der Waals surface area contributed by atoms with Crippen LogP contribution in [0.2, 0.25) is 0 Å². The van der Waals surface area contributed by atoms with E-state index < -0.39 is 0 Å². The fraction of sp³-hybridized carbons (Fsp3) is 0.261. The predicted octanol–water partition coefficient (Wildman–Crippen LogP) is 4.91. The van der Waals surface area contributed by atoms with Gasteiger partial charge in [-0.25, -0.2) is 0 Å². The highest BCUT2D eigenvalue weighted by Crippen LogP contribution is 2.39. The highest BCUT2D eigenvalue weighted by molar-refractivity contribution is 5.50. The van der Waals surface area contributed by atoms with Crippen LogP contribution in [0.25, 0.3) is 0 Å². The topological polar surface area (TPSA) is 16.1 Å². The van der Waals surface area contributed by atoms with Crippen LogP contribution in [-0.4, -0.2) is 17.1 Å². The van der Waals surface area contributed by atoms with E-state index in [-0.39, 0.29) is 5.54 Å². The highest BCUT2D eigenvalue weighted by Gasteiger charge is 2.41. The fourth-order valence-electron chi connectivity index (χ4n) is 4.24. The molecule has 4 rings (SSSR count). The molecule has 1 saturated heterocycles. The summed E-state index contributed by atoms with van der Waals surface area (Å²) in [4.78, 5) is 6.96. The Morgan fingerprint density at radius 1 is 0.800 bits per heavy atom. The van der Waals surface area contributed by atoms with Crippen molar-refractivity contribution in [2.24, 2.45) is 0 Å². The molecule has 0 spiro atoms. The van der Waals surface area contributed by atoms with Gasteiger partial charge in [-0.3, -0.25) is 4.98 Å². The molecule has 1 aliphatic heterocycles. The lowest BCUT2D eigenvalue weighted by Crippen LogP contribution is -2.48. The summed E-state index contributed by atoms with van der Waals surface area (Å²) < 4.78 is 0. The highest BCUT2D eigenvalue weighted by atomic mass is 15.2. The standard InChI is InChI=1S/C23H24N2/c1-3-9-20(10-4-1)17-23(18-21-11-5-2-6-12-21)14-8-16-25(23)22-13-7-15-24-19-22/h1-7,9-13,15,19H,8,14,16-18H2. The molecule has 2 nitrogen and oxygen atoms in total. The van der Waals surface area contributed by atoms with Gasteiger partial charge in [0.25, 0.3) is 0 Å². The maximum absolute atomic E-state index is 4.37. The average Bonchev–Trinajstić information content (AvgIpc) is 3.07. The molecule has 0 saturated carbocycles. The van der Waals surface area contributed by atoms with Crippen LogP contribution in [0.4, 0.5) is 5.69 Å². The molecule has 2 aromatic carbocycles. The zero-order chi connectivity index (χ0) is 17.0. The van der Waals surface area contributed by atoms with E-state index >= 15 is 0 Å². The third-order valence-corrected chi connectivity index (χ3v) is 5.31. The van der Waals surface area contributed by atoms with Crippen LogP contribution >= 0.6 is 0 Å². The van der Waals surface area contributed by atoms with E-state index in [1.54, 1.807) is 0 Å². The summed E-state index contributed by atoms with van der Waals surface area (Å²) in [5.74, 6) is 0. The molecule has 0 bridgehead atoms. The number of hydrogen-bond acceptors (Lipinski definition) is 2. The Bertz CT molecular complexity index is 743. The molecule has 0 radical (unpaired) electrons. The Morgan fingerprint density at radius 3 is 2.00 bits per heavy atom. The van der Waals surface area contributed by atoms with Crippen molar-refractivity contribution in [1.82, 2.24) is 4.98 Å². The minimum Gasteiger partial charge on any atom is -0.364 e. The molecule has 0 aliphatic carbocycles. The van der Waals surface area contributed by atoms with E-state index in [0.717, 1.165) is 19.4 Å². The van der Waals surface area contributed by atoms with Crippen LogP contribution in [0.5, 0.6) is 0 Å². The van der Waals surface area contributed by atoms with Crippen molar-refractivity contribution in [3.8, 4) is 0 Å². The molecule has 0 N–H and O–H groups in total. The van der Waals surface area contributed by atoms with Crippen molar-refractivity contribution < 1.29 is 0 Å². The van der Waals surface area contributed by atoms with E-state index in [1.807, 2.05) is 18.5 Å². The van der Waals surface area contributed by atoms with E-state index in [9.17, 15) is 0 Å². The Hall–Kier alpha value is -2.61. The quantitative estimate of drug-likeness (QED) is 0.662. The number of aromatic nitrogens is 1. The zero-order valence-electron chi connectivity index (χ0n) is 14.5. The van der Waals surface area contributed by atoms with Gasteiger partial charge in [-0.05, 0) is 48.9 Å². The van der Waals surface area contributed by atoms with Crippen molar-refractivity contribution in [2.45, 2.75) is 31.2 Å². The van der Waals surface area contributed by atoms with Gasteiger partial charge >= 0.3 is 0 Å². The van der Waals surface area contributed by atoms with Crippen LogP contribution in [0.3, 0.4) is 0 Å². The lowest BCUT2D eigenvalue weighted by molar-refractivity contribution is 0.418. The number of benzene rings is 2. The monoisotopic (exact) mass is 328 g/mol. The first-order valence-corrected chi connectivity index (χ1v) is 9.11. The third kappa shape index (κ3) is 3.43. The molecule has 0 amide bonds. The van der Waals surface area contributed by atoms with E-state index in [1.165, 1.54) is 29.7 Å². The Morgan fingerprint density at radius 2 is 1.44 bits per heavy atom. The van der Waals surface area contributed by atoms with Gasteiger partial charge in [0.2, 0.25) is 0 Å². The molecule has 1 aromatic heterocycles. The van der Waals surface area contributed by atoms with Crippen molar-refractivity contribution >= 4 is 5.69 Å². The minimum absolute atomic E-state index is 0.117. The van der Waals surface area contributed by atoms with E-state index in [4.69, 9.17) is 0 Å². The molecular formula is C23H24N2. The van der Waals surface area contributed by atoms with Gasteiger partial charge < -0.3 is 4.90 Å². The smallest absolute Gasteiger partial charge is 0.0557 e. The van der Waals surface area contributed by atoms with Gasteiger partial charge in [0.05, 0.1) is 11.9 Å². The molecule has 2 heterocycles. The van der Waals surface area contributed by atoms with E-state index in [2.05, 4.69) is 76.6 Å². The van der Waals surface area contributed by atoms with Gasteiger partial charge in [0.15, 0.2) is 0 Å². The number of rotatable bonds is 5. The van der Waals surface area contributed by atoms with Crippen LogP contribution in [0.15, 0.2) is 85.2 Å². The summed E-state index contributed by atoms with van der Waals surface area (Å²) in [5.41, 5.74) is 4.18. The summed E-state index contributed by atoms with van der Waals surface area (Å²) in [7, 11) is 0. The molecule has 3 aromatic rings. The first-order valence-electron chi connectivity index (χ1n) is 9.11. The predicted molar refractivity (Wildman–Crippen MR) is 104 cm³/mol. The van der Waals surface area contributed by atoms with Crippen LogP contribution < -0.4 is 4.90 Å². The Balaban J connectivity index is 1.72. The van der Waals surface area contributed by atoms with Crippen LogP contribution in [0, 0.1) is 0 Å². The lowest BCUT2D eigenvalue weighted by Gasteiger charge is -2.41. The minimum atomic E-state index is 0.117. The molecule has 0 unspecified atom stereocenters. The van der Waals surface area contributed by atoms with Crippen molar-refractivity contribution in [3.05, 3.63) is 96.3 Å². The van der Waals surface area contributed by atoms with E-state index in [0.29, 0.717) is 0 Å². The first kappa shape index (κ1) is 15.9. The molecule has 1 aliphatic rings. The zero-order valence-corrected chi connectivity index (χ0v) is 14.5. The van der Waals surface area contributed by atoms with Crippen molar-refractivity contribution in [3.63, 3.8) is 0 Å². The first-order chi connectivity index (χ1) is 12.4. The van der Waals surface area contributed by atoms with Gasteiger partial charge in [-0.15, -0.1) is 0 Å². The molecule has 1 fully saturated rings. The SMILES string of the molecule is c1ccc(CC2(Cc3ccccc3)CCCN2c2cccnc2)cc1. The summed E-state index contributed by atoms with van der Waals surface area (Å²) in [5, 5.41) is 0. The van der Waals surface area contributed by atoms with Crippen molar-refractivity contribution in [1.29, 1.82) is 0 Å². The summed E-state index contributed by atoms with van der Waals surface area (Å²) >= 11 is 0. The maximum atomic E-state index is 4.37. The van der Waals surface area contributed by atoms with Gasteiger partial charge in [0, 0.05) is 18.3 Å². The molecule has 2 heteroatoms. The molecule has 0 atom stereocenters. The number of nitrogens with zero attached hydrogens (tertiary/aromatic N) is 2. The summed E-state index contributed by atoms with van der Waals surface area (Å²) in [6.45, 7) is 1.10. The molecule has 25 heavy (non-hydrogen) atoms. The normalized spacial score (nSPS) is 16.1. The molecule has 126 valence electrons. The fourth-order valence-corrected chi connectivity index (χ4v) is 4.24. The van der Waals surface area contributed by atoms with Crippen LogP contribution in [0.1, 0.15) is 24.0 Å². The summed E-state index contributed by atoms with van der Waals surface area (Å²) in [6.07, 6.45) is 8.45. The average molecular weight is 328 g/mol. The molecular weight excluding hydrogens is 304 g/mol. The second-order valence-electron chi connectivity index (χ2n) is 7.02. The van der Waals surface area contributed by atoms with Gasteiger partial charge in [0.1, 0.15) is 0 Å². The third-order valence-electron chi connectivity index (χ3n) is 5.31. The van der Waals surface area contributed by atoms with Gasteiger partial charge in [-0.1, -0.05) is 60.7 Å². The van der Waals surface area contributed by atoms with Gasteiger partial charge in [-0.2, -0.15) is 0 Å².